The highest BCUT2D eigenvalue weighted by molar-refractivity contribution is 9.10. The van der Waals surface area contributed by atoms with E-state index in [1.165, 1.54) is 77.9 Å². The molecule has 3 aromatic carbocycles. The number of carbonyl (C=O) groups is 4. The van der Waals surface area contributed by atoms with E-state index in [-0.39, 0.29) is 25.6 Å². The fourth-order valence-corrected chi connectivity index (χ4v) is 6.10. The molecule has 4 rings (SSSR count). The maximum absolute atomic E-state index is 15.9. The van der Waals surface area contributed by atoms with Gasteiger partial charge in [-0.3, -0.25) is 9.59 Å². The third-order valence-corrected chi connectivity index (χ3v) is 8.69. The van der Waals surface area contributed by atoms with Crippen molar-refractivity contribution in [1.82, 2.24) is 0 Å². The van der Waals surface area contributed by atoms with Gasteiger partial charge < -0.3 is 20.1 Å². The van der Waals surface area contributed by atoms with Crippen molar-refractivity contribution in [2.75, 3.05) is 15.5 Å². The molecule has 0 spiro atoms. The van der Waals surface area contributed by atoms with Crippen molar-refractivity contribution in [3.63, 3.8) is 0 Å². The first kappa shape index (κ1) is 38.3. The number of alkyl halides is 2. The summed E-state index contributed by atoms with van der Waals surface area (Å²) in [6, 6.07) is 9.62. The molecule has 0 bridgehead atoms. The second-order valence-electron chi connectivity index (χ2n) is 13.0. The van der Waals surface area contributed by atoms with E-state index < -0.39 is 80.2 Å². The second kappa shape index (κ2) is 14.0. The van der Waals surface area contributed by atoms with E-state index >= 15 is 8.78 Å². The van der Waals surface area contributed by atoms with Gasteiger partial charge in [0.05, 0.1) is 26.7 Å². The molecule has 2 N–H and O–H groups in total. The van der Waals surface area contributed by atoms with E-state index in [9.17, 15) is 23.6 Å². The minimum atomic E-state index is -1.50. The number of amides is 4. The van der Waals surface area contributed by atoms with Crippen molar-refractivity contribution in [3.05, 3.63) is 86.6 Å². The lowest BCUT2D eigenvalue weighted by Crippen LogP contribution is -2.44. The maximum atomic E-state index is 15.9. The molecule has 16 heteroatoms. The first-order chi connectivity index (χ1) is 22.5. The van der Waals surface area contributed by atoms with Crippen molar-refractivity contribution in [1.29, 1.82) is 0 Å². The molecular weight excluding hydrogens is 778 g/mol. The summed E-state index contributed by atoms with van der Waals surface area (Å²) in [5.74, 6) is -6.56. The Balaban J connectivity index is 1.60. The standard InChI is InChI=1S/C33H30BrCl3F3N3O6/c1-31(2,3)48-29(46)43(30(47)49-32(4,5)6)26-21(39)11-12-22(25(26)40)42-27(44)17-14-16(8-9-19(17)35)41-28(45)24-23(33(24,36)37)15-7-10-20(38)18(34)13-15/h7-14,23-24H,1-6H3,(H,41,45)(H,42,44)/t23-,24+/m0/s1. The Morgan fingerprint density at radius 1 is 0.837 bits per heavy atom. The summed E-state index contributed by atoms with van der Waals surface area (Å²) in [7, 11) is 0. The van der Waals surface area contributed by atoms with E-state index in [0.717, 1.165) is 12.1 Å². The normalized spacial score (nSPS) is 16.8. The zero-order valence-corrected chi connectivity index (χ0v) is 30.7. The number of nitrogens with one attached hydrogen (secondary N) is 2. The molecule has 0 saturated heterocycles. The van der Waals surface area contributed by atoms with E-state index in [1.54, 1.807) is 0 Å². The average molecular weight is 808 g/mol. The lowest BCUT2D eigenvalue weighted by atomic mass is 10.1. The van der Waals surface area contributed by atoms with Crippen LogP contribution in [-0.2, 0) is 14.3 Å². The molecule has 2 atom stereocenters. The highest BCUT2D eigenvalue weighted by Gasteiger charge is 2.67. The van der Waals surface area contributed by atoms with Crippen molar-refractivity contribution in [2.45, 2.75) is 63.0 Å². The fraction of sp³-hybridized carbons (Fsp3) is 0.333. The summed E-state index contributed by atoms with van der Waals surface area (Å²) in [6.07, 6.45) is -2.87. The zero-order chi connectivity index (χ0) is 36.8. The van der Waals surface area contributed by atoms with Gasteiger partial charge in [-0.2, -0.15) is 4.90 Å². The van der Waals surface area contributed by atoms with Gasteiger partial charge in [0.1, 0.15) is 27.0 Å². The lowest BCUT2D eigenvalue weighted by Gasteiger charge is -2.29. The molecule has 0 radical (unpaired) electrons. The Morgan fingerprint density at radius 3 is 1.96 bits per heavy atom. The predicted molar refractivity (Wildman–Crippen MR) is 184 cm³/mol. The van der Waals surface area contributed by atoms with E-state index in [1.807, 2.05) is 0 Å². The molecular formula is C33H30BrCl3F3N3O6. The molecule has 49 heavy (non-hydrogen) atoms. The third kappa shape index (κ3) is 8.80. The molecule has 1 saturated carbocycles. The van der Waals surface area contributed by atoms with Crippen LogP contribution in [0.1, 0.15) is 63.4 Å². The topological polar surface area (TPSA) is 114 Å². The summed E-state index contributed by atoms with van der Waals surface area (Å²) in [4.78, 5) is 52.6. The van der Waals surface area contributed by atoms with Crippen LogP contribution in [0.5, 0.6) is 0 Å². The van der Waals surface area contributed by atoms with E-state index in [0.29, 0.717) is 5.56 Å². The predicted octanol–water partition coefficient (Wildman–Crippen LogP) is 9.97. The number of anilines is 3. The second-order valence-corrected chi connectivity index (χ2v) is 15.7. The number of hydrogen-bond acceptors (Lipinski definition) is 6. The van der Waals surface area contributed by atoms with Crippen LogP contribution in [0.4, 0.5) is 39.8 Å². The minimum Gasteiger partial charge on any atom is -0.443 e. The summed E-state index contributed by atoms with van der Waals surface area (Å²) in [6.45, 7) is 8.90. The van der Waals surface area contributed by atoms with Gasteiger partial charge in [-0.15, -0.1) is 23.2 Å². The van der Waals surface area contributed by atoms with Gasteiger partial charge in [0.15, 0.2) is 11.6 Å². The van der Waals surface area contributed by atoms with Crippen LogP contribution in [0.2, 0.25) is 5.02 Å². The molecule has 1 fully saturated rings. The van der Waals surface area contributed by atoms with Crippen LogP contribution < -0.4 is 15.5 Å². The highest BCUT2D eigenvalue weighted by Crippen LogP contribution is 2.65. The number of carbonyl (C=O) groups excluding carboxylic acids is 4. The average Bonchev–Trinajstić information content (AvgIpc) is 3.54. The highest BCUT2D eigenvalue weighted by atomic mass is 79.9. The van der Waals surface area contributed by atoms with Crippen LogP contribution in [0, 0.1) is 23.4 Å². The van der Waals surface area contributed by atoms with Gasteiger partial charge in [-0.1, -0.05) is 17.7 Å². The lowest BCUT2D eigenvalue weighted by molar-refractivity contribution is -0.117. The number of hydrogen-bond donors (Lipinski definition) is 2. The van der Waals surface area contributed by atoms with Crippen LogP contribution in [0.15, 0.2) is 53.0 Å². The van der Waals surface area contributed by atoms with Gasteiger partial charge in [0, 0.05) is 11.6 Å². The number of benzene rings is 3. The van der Waals surface area contributed by atoms with Gasteiger partial charge in [0.25, 0.3) is 5.91 Å². The molecule has 4 amide bonds. The summed E-state index contributed by atoms with van der Waals surface area (Å²) < 4.78 is 53.9. The smallest absolute Gasteiger partial charge is 0.424 e. The SMILES string of the molecule is CC(C)(C)OC(=O)N(C(=O)OC(C)(C)C)c1c(F)ccc(NC(=O)c2cc(NC(=O)[C@H]3[C@H](c4ccc(F)c(Br)c4)C3(Cl)Cl)ccc2Cl)c1F. The Morgan fingerprint density at radius 2 is 1.41 bits per heavy atom. The molecule has 262 valence electrons. The van der Waals surface area contributed by atoms with Crippen molar-refractivity contribution >= 4 is 91.8 Å². The van der Waals surface area contributed by atoms with Crippen molar-refractivity contribution in [3.8, 4) is 0 Å². The first-order valence-electron chi connectivity index (χ1n) is 14.5. The van der Waals surface area contributed by atoms with Gasteiger partial charge in [0.2, 0.25) is 5.91 Å². The number of rotatable bonds is 6. The number of nitrogens with zero attached hydrogens (tertiary/aromatic N) is 1. The molecule has 9 nitrogen and oxygen atoms in total. The van der Waals surface area contributed by atoms with Crippen molar-refractivity contribution < 1.29 is 41.8 Å². The monoisotopic (exact) mass is 805 g/mol. The van der Waals surface area contributed by atoms with E-state index in [4.69, 9.17) is 44.3 Å². The Hall–Kier alpha value is -3.52. The molecule has 1 aliphatic rings. The Labute approximate surface area is 303 Å². The van der Waals surface area contributed by atoms with Gasteiger partial charge in [-0.25, -0.2) is 22.8 Å². The van der Waals surface area contributed by atoms with E-state index in [2.05, 4.69) is 26.6 Å². The van der Waals surface area contributed by atoms with Gasteiger partial charge >= 0.3 is 12.2 Å². The fourth-order valence-electron chi connectivity index (χ4n) is 4.67. The Bertz CT molecular complexity index is 1820. The van der Waals surface area contributed by atoms with Crippen molar-refractivity contribution in [2.24, 2.45) is 5.92 Å². The number of halogens is 7. The molecule has 1 aliphatic carbocycles. The molecule has 3 aromatic rings. The molecule has 0 aromatic heterocycles. The number of imide groups is 1. The zero-order valence-electron chi connectivity index (χ0n) is 26.8. The van der Waals surface area contributed by atoms with Crippen LogP contribution in [0.25, 0.3) is 0 Å². The quantitative estimate of drug-likeness (QED) is 0.240. The largest absolute Gasteiger partial charge is 0.443 e. The van der Waals surface area contributed by atoms with Crippen LogP contribution >= 0.6 is 50.7 Å². The Kier molecular flexibility index (Phi) is 10.9. The summed E-state index contributed by atoms with van der Waals surface area (Å²) in [5.41, 5.74) is -3.75. The molecule has 0 aliphatic heterocycles. The van der Waals surface area contributed by atoms with Crippen LogP contribution in [-0.4, -0.2) is 39.5 Å². The maximum Gasteiger partial charge on any atom is 0.424 e. The van der Waals surface area contributed by atoms with Crippen LogP contribution in [0.3, 0.4) is 0 Å². The molecule has 0 heterocycles. The molecule has 0 unspecified atom stereocenters. The summed E-state index contributed by atoms with van der Waals surface area (Å²) >= 11 is 22.2. The third-order valence-electron chi connectivity index (χ3n) is 6.81. The minimum absolute atomic E-state index is 0.0590. The number of ether oxygens (including phenoxy) is 2. The summed E-state index contributed by atoms with van der Waals surface area (Å²) in [5, 5.41) is 4.75. The first-order valence-corrected chi connectivity index (χ1v) is 16.4. The van der Waals surface area contributed by atoms with Gasteiger partial charge in [-0.05, 0) is 106 Å².